The monoisotopic (exact) mass is 291 g/mol. The van der Waals surface area contributed by atoms with Gasteiger partial charge in [-0.25, -0.2) is 9.18 Å². The molecule has 1 aromatic rings. The van der Waals surface area contributed by atoms with E-state index >= 15 is 0 Å². The van der Waals surface area contributed by atoms with Crippen LogP contribution in [0.3, 0.4) is 0 Å². The molecule has 1 aromatic carbocycles. The van der Waals surface area contributed by atoms with Crippen LogP contribution in [-0.2, 0) is 4.79 Å². The molecular formula is C14H14FN3O3. The fraction of sp³-hybridized carbons (Fsp3) is 0.357. The second-order valence-electron chi connectivity index (χ2n) is 4.92. The van der Waals surface area contributed by atoms with Gasteiger partial charge in [-0.2, -0.15) is 5.26 Å². The van der Waals surface area contributed by atoms with Crippen LogP contribution in [0.2, 0.25) is 0 Å². The Balaban J connectivity index is 2.12. The van der Waals surface area contributed by atoms with Crippen molar-refractivity contribution in [3.05, 3.63) is 29.6 Å². The Morgan fingerprint density at radius 1 is 1.48 bits per heavy atom. The van der Waals surface area contributed by atoms with E-state index in [1.165, 1.54) is 12.1 Å². The van der Waals surface area contributed by atoms with Gasteiger partial charge in [0.05, 0.1) is 5.69 Å². The van der Waals surface area contributed by atoms with Crippen LogP contribution in [0.1, 0.15) is 18.4 Å². The average molecular weight is 291 g/mol. The SMILES string of the molecule is N#Cc1c(F)cccc1NC(=O)N(CC(=O)O)CC1CC1. The van der Waals surface area contributed by atoms with Crippen molar-refractivity contribution in [2.45, 2.75) is 12.8 Å². The highest BCUT2D eigenvalue weighted by molar-refractivity contribution is 5.92. The summed E-state index contributed by atoms with van der Waals surface area (Å²) in [4.78, 5) is 24.1. The van der Waals surface area contributed by atoms with Gasteiger partial charge in [-0.05, 0) is 30.9 Å². The Bertz CT molecular complexity index is 608. The number of carbonyl (C=O) groups is 2. The second-order valence-corrected chi connectivity index (χ2v) is 4.92. The summed E-state index contributed by atoms with van der Waals surface area (Å²) in [6.07, 6.45) is 1.93. The minimum absolute atomic E-state index is 0.0358. The lowest BCUT2D eigenvalue weighted by Crippen LogP contribution is -2.40. The van der Waals surface area contributed by atoms with Crippen LogP contribution in [0.15, 0.2) is 18.2 Å². The van der Waals surface area contributed by atoms with Crippen LogP contribution in [0.4, 0.5) is 14.9 Å². The Hall–Kier alpha value is -2.62. The molecular weight excluding hydrogens is 277 g/mol. The van der Waals surface area contributed by atoms with Crippen molar-refractivity contribution < 1.29 is 19.1 Å². The number of carboxylic acid groups (broad SMARTS) is 1. The van der Waals surface area contributed by atoms with Gasteiger partial charge in [-0.3, -0.25) is 4.79 Å². The van der Waals surface area contributed by atoms with Gasteiger partial charge in [0.25, 0.3) is 0 Å². The van der Waals surface area contributed by atoms with Crippen LogP contribution < -0.4 is 5.32 Å². The van der Waals surface area contributed by atoms with E-state index in [1.807, 2.05) is 0 Å². The number of carbonyl (C=O) groups excluding carboxylic acids is 1. The van der Waals surface area contributed by atoms with Gasteiger partial charge in [-0.1, -0.05) is 6.07 Å². The molecule has 6 nitrogen and oxygen atoms in total. The van der Waals surface area contributed by atoms with Crippen molar-refractivity contribution >= 4 is 17.7 Å². The molecule has 0 aliphatic heterocycles. The number of anilines is 1. The van der Waals surface area contributed by atoms with Crippen LogP contribution in [0.25, 0.3) is 0 Å². The molecule has 0 bridgehead atoms. The maximum atomic E-state index is 13.5. The van der Waals surface area contributed by atoms with Gasteiger partial charge < -0.3 is 15.3 Å². The van der Waals surface area contributed by atoms with Gasteiger partial charge >= 0.3 is 12.0 Å². The molecule has 2 rings (SSSR count). The van der Waals surface area contributed by atoms with Gasteiger partial charge in [0, 0.05) is 6.54 Å². The van der Waals surface area contributed by atoms with Crippen LogP contribution >= 0.6 is 0 Å². The molecule has 110 valence electrons. The number of nitrogens with zero attached hydrogens (tertiary/aromatic N) is 2. The first-order valence-corrected chi connectivity index (χ1v) is 6.47. The summed E-state index contributed by atoms with van der Waals surface area (Å²) in [7, 11) is 0. The predicted octanol–water partition coefficient (Wildman–Crippen LogP) is 2.03. The molecule has 0 aromatic heterocycles. The third kappa shape index (κ3) is 3.92. The number of halogens is 1. The van der Waals surface area contributed by atoms with Gasteiger partial charge in [-0.15, -0.1) is 0 Å². The van der Waals surface area contributed by atoms with E-state index in [9.17, 15) is 14.0 Å². The molecule has 1 aliphatic rings. The first-order chi connectivity index (χ1) is 10.0. The van der Waals surface area contributed by atoms with Gasteiger partial charge in [0.2, 0.25) is 0 Å². The lowest BCUT2D eigenvalue weighted by molar-refractivity contribution is -0.137. The summed E-state index contributed by atoms with van der Waals surface area (Å²) < 4.78 is 13.5. The molecule has 0 heterocycles. The maximum Gasteiger partial charge on any atom is 0.323 e. The van der Waals surface area contributed by atoms with Crippen molar-refractivity contribution in [3.63, 3.8) is 0 Å². The average Bonchev–Trinajstić information content (AvgIpc) is 3.21. The largest absolute Gasteiger partial charge is 0.480 e. The van der Waals surface area contributed by atoms with Crippen LogP contribution in [0.5, 0.6) is 0 Å². The molecule has 1 aliphatic carbocycles. The van der Waals surface area contributed by atoms with E-state index in [0.717, 1.165) is 23.8 Å². The van der Waals surface area contributed by atoms with Crippen molar-refractivity contribution in [2.75, 3.05) is 18.4 Å². The van der Waals surface area contributed by atoms with Gasteiger partial charge in [0.15, 0.2) is 0 Å². The van der Waals surface area contributed by atoms with Gasteiger partial charge in [0.1, 0.15) is 24.0 Å². The van der Waals surface area contributed by atoms with E-state index < -0.39 is 24.4 Å². The minimum atomic E-state index is -1.12. The first-order valence-electron chi connectivity index (χ1n) is 6.47. The number of nitrogens with one attached hydrogen (secondary N) is 1. The minimum Gasteiger partial charge on any atom is -0.480 e. The summed E-state index contributed by atoms with van der Waals surface area (Å²) in [6.45, 7) is -0.0884. The topological polar surface area (TPSA) is 93.4 Å². The number of hydrogen-bond donors (Lipinski definition) is 2. The summed E-state index contributed by atoms with van der Waals surface area (Å²) in [6, 6.07) is 4.92. The van der Waals surface area contributed by atoms with Crippen LogP contribution in [-0.4, -0.2) is 35.1 Å². The number of carboxylic acids is 1. The summed E-state index contributed by atoms with van der Waals surface area (Å²) in [5.74, 6) is -1.54. The Morgan fingerprint density at radius 2 is 2.19 bits per heavy atom. The zero-order chi connectivity index (χ0) is 15.4. The fourth-order valence-corrected chi connectivity index (χ4v) is 1.93. The smallest absolute Gasteiger partial charge is 0.323 e. The Kier molecular flexibility index (Phi) is 4.38. The number of nitriles is 1. The molecule has 21 heavy (non-hydrogen) atoms. The van der Waals surface area contributed by atoms with Crippen LogP contribution in [0, 0.1) is 23.1 Å². The lowest BCUT2D eigenvalue weighted by atomic mass is 10.2. The van der Waals surface area contributed by atoms with E-state index in [0.29, 0.717) is 12.5 Å². The number of benzene rings is 1. The number of rotatable bonds is 5. The molecule has 2 N–H and O–H groups in total. The van der Waals surface area contributed by atoms with Crippen molar-refractivity contribution in [1.29, 1.82) is 5.26 Å². The molecule has 1 saturated carbocycles. The quantitative estimate of drug-likeness (QED) is 0.868. The zero-order valence-corrected chi connectivity index (χ0v) is 11.2. The highest BCUT2D eigenvalue weighted by Crippen LogP contribution is 2.30. The third-order valence-corrected chi connectivity index (χ3v) is 3.16. The number of hydrogen-bond acceptors (Lipinski definition) is 3. The molecule has 7 heteroatoms. The number of amides is 2. The molecule has 0 unspecified atom stereocenters. The molecule has 0 radical (unpaired) electrons. The molecule has 0 atom stereocenters. The Morgan fingerprint density at radius 3 is 2.76 bits per heavy atom. The predicted molar refractivity (Wildman–Crippen MR) is 72.1 cm³/mol. The molecule has 0 spiro atoms. The summed E-state index contributed by atoms with van der Waals surface area (Å²) in [5.41, 5.74) is -0.235. The molecule has 2 amide bonds. The zero-order valence-electron chi connectivity index (χ0n) is 11.2. The van der Waals surface area contributed by atoms with Crippen molar-refractivity contribution in [3.8, 4) is 6.07 Å². The number of urea groups is 1. The van der Waals surface area contributed by atoms with Crippen molar-refractivity contribution in [1.82, 2.24) is 4.90 Å². The third-order valence-electron chi connectivity index (χ3n) is 3.16. The molecule has 1 fully saturated rings. The number of aliphatic carboxylic acids is 1. The summed E-state index contributed by atoms with van der Waals surface area (Å²) in [5, 5.41) is 20.1. The first kappa shape index (κ1) is 14.8. The summed E-state index contributed by atoms with van der Waals surface area (Å²) >= 11 is 0. The molecule has 0 saturated heterocycles. The lowest BCUT2D eigenvalue weighted by Gasteiger charge is -2.21. The maximum absolute atomic E-state index is 13.5. The standard InChI is InChI=1S/C14H14FN3O3/c15-11-2-1-3-12(10(11)6-16)17-14(21)18(8-13(19)20)7-9-4-5-9/h1-3,9H,4-5,7-8H2,(H,17,21)(H,19,20). The second kappa shape index (κ2) is 6.22. The Labute approximate surface area is 120 Å². The fourth-order valence-electron chi connectivity index (χ4n) is 1.93. The van der Waals surface area contributed by atoms with E-state index in [2.05, 4.69) is 5.32 Å². The van der Waals surface area contributed by atoms with E-state index in [1.54, 1.807) is 6.07 Å². The highest BCUT2D eigenvalue weighted by Gasteiger charge is 2.28. The normalized spacial score (nSPS) is 13.3. The highest BCUT2D eigenvalue weighted by atomic mass is 19.1. The van der Waals surface area contributed by atoms with Crippen molar-refractivity contribution in [2.24, 2.45) is 5.92 Å². The van der Waals surface area contributed by atoms with E-state index in [-0.39, 0.29) is 11.3 Å². The van der Waals surface area contributed by atoms with E-state index in [4.69, 9.17) is 10.4 Å².